The third kappa shape index (κ3) is 5.14. The molecule has 1 heterocycles. The summed E-state index contributed by atoms with van der Waals surface area (Å²) in [6.07, 6.45) is 1.23. The van der Waals surface area contributed by atoms with Gasteiger partial charge in [0.1, 0.15) is 6.61 Å². The van der Waals surface area contributed by atoms with Crippen molar-refractivity contribution < 1.29 is 9.53 Å². The molecule has 1 atom stereocenters. The lowest BCUT2D eigenvalue weighted by molar-refractivity contribution is -0.136. The van der Waals surface area contributed by atoms with Crippen LogP contribution in [0.15, 0.2) is 0 Å². The molecule has 0 saturated carbocycles. The predicted molar refractivity (Wildman–Crippen MR) is 66.9 cm³/mol. The molecule has 1 rings (SSSR count). The van der Waals surface area contributed by atoms with Gasteiger partial charge >= 0.3 is 0 Å². The van der Waals surface area contributed by atoms with Crippen LogP contribution in [0.4, 0.5) is 0 Å². The topological polar surface area (TPSA) is 41.6 Å². The Bertz CT molecular complexity index is 212. The second-order valence-electron chi connectivity index (χ2n) is 4.41. The molecular weight excluding hydrogens is 228 g/mol. The lowest BCUT2D eigenvalue weighted by atomic mass is 10.1. The first kappa shape index (κ1) is 15.7. The summed E-state index contributed by atoms with van der Waals surface area (Å²) in [5, 5.41) is 3.15. The van der Waals surface area contributed by atoms with E-state index in [0.717, 1.165) is 26.1 Å². The fourth-order valence-corrected chi connectivity index (χ4v) is 1.84. The fourth-order valence-electron chi connectivity index (χ4n) is 1.84. The van der Waals surface area contributed by atoms with Crippen molar-refractivity contribution in [3.8, 4) is 0 Å². The first-order chi connectivity index (χ1) is 7.13. The number of nitrogens with one attached hydrogen (secondary N) is 1. The molecule has 0 aromatic carbocycles. The molecule has 4 nitrogen and oxygen atoms in total. The van der Waals surface area contributed by atoms with Crippen LogP contribution >= 0.6 is 12.4 Å². The minimum atomic E-state index is 0. The van der Waals surface area contributed by atoms with Crippen LogP contribution < -0.4 is 5.32 Å². The van der Waals surface area contributed by atoms with E-state index in [1.54, 1.807) is 0 Å². The Labute approximate surface area is 104 Å². The predicted octanol–water partition coefficient (Wildman–Crippen LogP) is 0.901. The molecule has 1 amide bonds. The molecule has 1 saturated heterocycles. The Hall–Kier alpha value is -0.320. The summed E-state index contributed by atoms with van der Waals surface area (Å²) < 4.78 is 5.30. The largest absolute Gasteiger partial charge is 0.369 e. The van der Waals surface area contributed by atoms with Gasteiger partial charge in [-0.05, 0) is 39.8 Å². The maximum absolute atomic E-state index is 11.7. The zero-order chi connectivity index (χ0) is 11.3. The third-order valence-electron chi connectivity index (χ3n) is 2.67. The Morgan fingerprint density at radius 2 is 2.25 bits per heavy atom. The highest BCUT2D eigenvalue weighted by atomic mass is 35.5. The molecule has 16 heavy (non-hydrogen) atoms. The van der Waals surface area contributed by atoms with Crippen LogP contribution in [0.5, 0.6) is 0 Å². The number of amides is 1. The highest BCUT2D eigenvalue weighted by Crippen LogP contribution is 2.15. The van der Waals surface area contributed by atoms with Gasteiger partial charge in [0.25, 0.3) is 0 Å². The second kappa shape index (κ2) is 7.87. The molecule has 0 aromatic heterocycles. The molecule has 1 unspecified atom stereocenters. The zero-order valence-corrected chi connectivity index (χ0v) is 11.2. The summed E-state index contributed by atoms with van der Waals surface area (Å²) in [5.41, 5.74) is 0. The Balaban J connectivity index is 0.00000225. The monoisotopic (exact) mass is 250 g/mol. The number of carbonyl (C=O) groups is 1. The summed E-state index contributed by atoms with van der Waals surface area (Å²) in [7, 11) is 1.95. The molecule has 0 radical (unpaired) electrons. The number of ether oxygens (including phenoxy) is 1. The quantitative estimate of drug-likeness (QED) is 0.789. The second-order valence-corrected chi connectivity index (χ2v) is 4.41. The molecule has 0 aromatic rings. The Kier molecular flexibility index (Phi) is 7.72. The van der Waals surface area contributed by atoms with Crippen molar-refractivity contribution in [3.05, 3.63) is 0 Å². The van der Waals surface area contributed by atoms with Gasteiger partial charge in [0.2, 0.25) is 5.91 Å². The molecule has 0 bridgehead atoms. The fraction of sp³-hybridized carbons (Fsp3) is 0.909. The van der Waals surface area contributed by atoms with Crippen molar-refractivity contribution in [2.45, 2.75) is 26.4 Å². The summed E-state index contributed by atoms with van der Waals surface area (Å²) in [4.78, 5) is 13.6. The van der Waals surface area contributed by atoms with Gasteiger partial charge in [0, 0.05) is 13.1 Å². The van der Waals surface area contributed by atoms with Crippen LogP contribution in [0.2, 0.25) is 0 Å². The zero-order valence-electron chi connectivity index (χ0n) is 10.4. The minimum Gasteiger partial charge on any atom is -0.369 e. The molecule has 1 aliphatic heterocycles. The lowest BCUT2D eigenvalue weighted by Crippen LogP contribution is -2.33. The number of nitrogens with zero attached hydrogens (tertiary/aromatic N) is 1. The molecule has 0 aliphatic carbocycles. The Morgan fingerprint density at radius 1 is 1.56 bits per heavy atom. The van der Waals surface area contributed by atoms with E-state index in [2.05, 4.69) is 5.32 Å². The molecule has 1 aliphatic rings. The summed E-state index contributed by atoms with van der Waals surface area (Å²) in [6.45, 7) is 6.87. The van der Waals surface area contributed by atoms with Crippen molar-refractivity contribution in [2.75, 3.05) is 33.3 Å². The molecule has 1 fully saturated rings. The number of hydrogen-bond acceptors (Lipinski definition) is 3. The molecule has 5 heteroatoms. The molecule has 0 spiro atoms. The van der Waals surface area contributed by atoms with Crippen molar-refractivity contribution in [3.63, 3.8) is 0 Å². The lowest BCUT2D eigenvalue weighted by Gasteiger charge is -2.17. The highest BCUT2D eigenvalue weighted by molar-refractivity contribution is 5.85. The third-order valence-corrected chi connectivity index (χ3v) is 2.67. The number of hydrogen-bond donors (Lipinski definition) is 1. The SMILES string of the molecule is CNCC1CCN(C(=O)COC(C)C)C1.Cl. The smallest absolute Gasteiger partial charge is 0.248 e. The minimum absolute atomic E-state index is 0. The van der Waals surface area contributed by atoms with Crippen molar-refractivity contribution in [2.24, 2.45) is 5.92 Å². The van der Waals surface area contributed by atoms with Gasteiger partial charge in [-0.2, -0.15) is 0 Å². The number of carbonyl (C=O) groups excluding carboxylic acids is 1. The number of halogens is 1. The van der Waals surface area contributed by atoms with Gasteiger partial charge in [-0.3, -0.25) is 4.79 Å². The number of rotatable bonds is 5. The van der Waals surface area contributed by atoms with Crippen LogP contribution in [-0.2, 0) is 9.53 Å². The van der Waals surface area contributed by atoms with Gasteiger partial charge in [-0.15, -0.1) is 12.4 Å². The van der Waals surface area contributed by atoms with Gasteiger partial charge in [-0.1, -0.05) is 0 Å². The van der Waals surface area contributed by atoms with Crippen molar-refractivity contribution in [1.82, 2.24) is 10.2 Å². The Morgan fingerprint density at radius 3 is 2.81 bits per heavy atom. The van der Waals surface area contributed by atoms with E-state index in [1.165, 1.54) is 0 Å². The average Bonchev–Trinajstić information content (AvgIpc) is 2.63. The average molecular weight is 251 g/mol. The highest BCUT2D eigenvalue weighted by Gasteiger charge is 2.25. The van der Waals surface area contributed by atoms with Crippen LogP contribution in [0.25, 0.3) is 0 Å². The van der Waals surface area contributed by atoms with Crippen LogP contribution in [0, 0.1) is 5.92 Å². The van der Waals surface area contributed by atoms with E-state index in [0.29, 0.717) is 5.92 Å². The molecular formula is C11H23ClN2O2. The summed E-state index contributed by atoms with van der Waals surface area (Å²) in [6, 6.07) is 0. The summed E-state index contributed by atoms with van der Waals surface area (Å²) >= 11 is 0. The summed E-state index contributed by atoms with van der Waals surface area (Å²) in [5.74, 6) is 0.736. The molecule has 96 valence electrons. The van der Waals surface area contributed by atoms with Crippen LogP contribution in [0.1, 0.15) is 20.3 Å². The first-order valence-electron chi connectivity index (χ1n) is 5.67. The van der Waals surface area contributed by atoms with E-state index in [-0.39, 0.29) is 31.0 Å². The van der Waals surface area contributed by atoms with Crippen molar-refractivity contribution in [1.29, 1.82) is 0 Å². The maximum Gasteiger partial charge on any atom is 0.248 e. The maximum atomic E-state index is 11.7. The van der Waals surface area contributed by atoms with E-state index in [1.807, 2.05) is 25.8 Å². The molecule has 1 N–H and O–H groups in total. The van der Waals surface area contributed by atoms with Crippen molar-refractivity contribution >= 4 is 18.3 Å². The van der Waals surface area contributed by atoms with E-state index >= 15 is 0 Å². The van der Waals surface area contributed by atoms with Crippen LogP contribution in [-0.4, -0.2) is 50.2 Å². The van der Waals surface area contributed by atoms with Crippen LogP contribution in [0.3, 0.4) is 0 Å². The van der Waals surface area contributed by atoms with E-state index < -0.39 is 0 Å². The van der Waals surface area contributed by atoms with Gasteiger partial charge in [0.05, 0.1) is 6.10 Å². The van der Waals surface area contributed by atoms with Gasteiger partial charge in [0.15, 0.2) is 0 Å². The van der Waals surface area contributed by atoms with Gasteiger partial charge < -0.3 is 15.0 Å². The van der Waals surface area contributed by atoms with E-state index in [9.17, 15) is 4.79 Å². The standard InChI is InChI=1S/C11H22N2O2.ClH/c1-9(2)15-8-11(14)13-5-4-10(7-13)6-12-3;/h9-10,12H,4-8H2,1-3H3;1H. The van der Waals surface area contributed by atoms with Gasteiger partial charge in [-0.25, -0.2) is 0 Å². The normalized spacial score (nSPS) is 20.0. The first-order valence-corrected chi connectivity index (χ1v) is 5.67. The number of likely N-dealkylation sites (tertiary alicyclic amines) is 1. The van der Waals surface area contributed by atoms with E-state index in [4.69, 9.17) is 4.74 Å².